The molecule has 0 aliphatic heterocycles. The number of carbonyl (C=O) groups is 4. The monoisotopic (exact) mass is 369 g/mol. The Morgan fingerprint density at radius 3 is 2.22 bits per heavy atom. The normalized spacial score (nSPS) is 9.81. The number of urea groups is 1. The quantitative estimate of drug-likeness (QED) is 0.672. The smallest absolute Gasteiger partial charge is 0.338 e. The van der Waals surface area contributed by atoms with Gasteiger partial charge in [0.15, 0.2) is 6.61 Å². The second kappa shape index (κ2) is 9.71. The maximum atomic E-state index is 11.9. The third kappa shape index (κ3) is 6.99. The van der Waals surface area contributed by atoms with Crippen LogP contribution in [0.4, 0.5) is 10.5 Å². The van der Waals surface area contributed by atoms with Crippen LogP contribution in [-0.2, 0) is 20.9 Å². The fourth-order valence-electron chi connectivity index (χ4n) is 2.09. The molecule has 0 saturated heterocycles. The van der Waals surface area contributed by atoms with E-state index in [0.717, 1.165) is 5.56 Å². The van der Waals surface area contributed by atoms with Crippen molar-refractivity contribution in [1.82, 2.24) is 10.6 Å². The second-order valence-corrected chi connectivity index (χ2v) is 5.55. The fourth-order valence-corrected chi connectivity index (χ4v) is 2.09. The summed E-state index contributed by atoms with van der Waals surface area (Å²) in [4.78, 5) is 46.2. The molecule has 0 unspecified atom stereocenters. The molecule has 0 radical (unpaired) electrons. The van der Waals surface area contributed by atoms with E-state index in [2.05, 4.69) is 16.0 Å². The molecular weight excluding hydrogens is 350 g/mol. The van der Waals surface area contributed by atoms with E-state index < -0.39 is 24.5 Å². The molecule has 2 rings (SSSR count). The summed E-state index contributed by atoms with van der Waals surface area (Å²) in [6.07, 6.45) is 0. The molecule has 8 heteroatoms. The lowest BCUT2D eigenvalue weighted by Gasteiger charge is -2.08. The van der Waals surface area contributed by atoms with Gasteiger partial charge in [-0.2, -0.15) is 0 Å². The molecule has 0 bridgehead atoms. The first-order chi connectivity index (χ1) is 12.9. The molecule has 0 fully saturated rings. The van der Waals surface area contributed by atoms with Crippen LogP contribution in [0.1, 0.15) is 22.8 Å². The first-order valence-corrected chi connectivity index (χ1v) is 8.10. The van der Waals surface area contributed by atoms with Crippen molar-refractivity contribution in [3.8, 4) is 0 Å². The number of benzene rings is 2. The van der Waals surface area contributed by atoms with E-state index in [0.29, 0.717) is 5.69 Å². The van der Waals surface area contributed by atoms with Crippen LogP contribution >= 0.6 is 0 Å². The molecular formula is C19H19N3O5. The number of esters is 1. The predicted octanol–water partition coefficient (Wildman–Crippen LogP) is 1.83. The van der Waals surface area contributed by atoms with Crippen LogP contribution in [0.15, 0.2) is 54.6 Å². The van der Waals surface area contributed by atoms with Crippen molar-refractivity contribution in [2.45, 2.75) is 13.5 Å². The average Bonchev–Trinajstić information content (AvgIpc) is 2.65. The Hall–Kier alpha value is -3.68. The number of carbonyl (C=O) groups excluding carboxylic acids is 4. The topological polar surface area (TPSA) is 114 Å². The van der Waals surface area contributed by atoms with Crippen molar-refractivity contribution >= 4 is 29.5 Å². The minimum atomic E-state index is -0.747. The Bertz CT molecular complexity index is 819. The number of nitrogens with one attached hydrogen (secondary N) is 3. The first-order valence-electron chi connectivity index (χ1n) is 8.10. The minimum Gasteiger partial charge on any atom is -0.452 e. The number of hydrogen-bond acceptors (Lipinski definition) is 5. The van der Waals surface area contributed by atoms with Gasteiger partial charge in [0.1, 0.15) is 0 Å². The zero-order valence-corrected chi connectivity index (χ0v) is 14.7. The Morgan fingerprint density at radius 2 is 1.59 bits per heavy atom. The molecule has 2 aromatic rings. The molecule has 140 valence electrons. The lowest BCUT2D eigenvalue weighted by molar-refractivity contribution is -0.123. The molecule has 0 saturated carbocycles. The van der Waals surface area contributed by atoms with Crippen LogP contribution in [0, 0.1) is 0 Å². The van der Waals surface area contributed by atoms with Crippen LogP contribution in [0.3, 0.4) is 0 Å². The number of hydrogen-bond donors (Lipinski definition) is 3. The molecule has 2 aromatic carbocycles. The lowest BCUT2D eigenvalue weighted by atomic mass is 10.2. The standard InChI is InChI=1S/C19H19N3O5/c1-13(23)21-16-9-7-15(8-10-16)18(25)27-12-17(24)22-19(26)20-11-14-5-3-2-4-6-14/h2-10H,11-12H2,1H3,(H,21,23)(H2,20,22,24,26). The highest BCUT2D eigenvalue weighted by Crippen LogP contribution is 2.10. The summed E-state index contributed by atoms with van der Waals surface area (Å²) in [5.74, 6) is -1.69. The van der Waals surface area contributed by atoms with Gasteiger partial charge >= 0.3 is 12.0 Å². The lowest BCUT2D eigenvalue weighted by Crippen LogP contribution is -2.41. The van der Waals surface area contributed by atoms with Gasteiger partial charge in [0, 0.05) is 19.2 Å². The van der Waals surface area contributed by atoms with E-state index in [1.165, 1.54) is 31.2 Å². The molecule has 0 spiro atoms. The summed E-state index contributed by atoms with van der Waals surface area (Å²) >= 11 is 0. The largest absolute Gasteiger partial charge is 0.452 e. The van der Waals surface area contributed by atoms with Gasteiger partial charge in [0.25, 0.3) is 5.91 Å². The highest BCUT2D eigenvalue weighted by Gasteiger charge is 2.12. The van der Waals surface area contributed by atoms with Gasteiger partial charge in [-0.05, 0) is 29.8 Å². The summed E-state index contributed by atoms with van der Waals surface area (Å²) in [5, 5.41) is 7.17. The summed E-state index contributed by atoms with van der Waals surface area (Å²) in [6.45, 7) is 1.04. The first kappa shape index (κ1) is 19.6. The summed E-state index contributed by atoms with van der Waals surface area (Å²) in [6, 6.07) is 14.5. The van der Waals surface area contributed by atoms with Gasteiger partial charge in [0.05, 0.1) is 5.56 Å². The number of rotatable bonds is 6. The Kier molecular flexibility index (Phi) is 7.07. The Balaban J connectivity index is 1.73. The predicted molar refractivity (Wildman–Crippen MR) is 97.8 cm³/mol. The molecule has 3 N–H and O–H groups in total. The van der Waals surface area contributed by atoms with E-state index in [1.807, 2.05) is 30.3 Å². The van der Waals surface area contributed by atoms with Gasteiger partial charge in [-0.3, -0.25) is 14.9 Å². The van der Waals surface area contributed by atoms with E-state index >= 15 is 0 Å². The zero-order valence-electron chi connectivity index (χ0n) is 14.7. The number of anilines is 1. The second-order valence-electron chi connectivity index (χ2n) is 5.55. The molecule has 0 atom stereocenters. The SMILES string of the molecule is CC(=O)Nc1ccc(C(=O)OCC(=O)NC(=O)NCc2ccccc2)cc1. The summed E-state index contributed by atoms with van der Waals surface area (Å²) in [7, 11) is 0. The van der Waals surface area contributed by atoms with Crippen molar-refractivity contribution < 1.29 is 23.9 Å². The van der Waals surface area contributed by atoms with Crippen molar-refractivity contribution in [3.63, 3.8) is 0 Å². The van der Waals surface area contributed by atoms with Crippen LogP contribution in [0.25, 0.3) is 0 Å². The van der Waals surface area contributed by atoms with E-state index in [9.17, 15) is 19.2 Å². The zero-order chi connectivity index (χ0) is 19.6. The molecule has 0 aromatic heterocycles. The maximum Gasteiger partial charge on any atom is 0.338 e. The highest BCUT2D eigenvalue weighted by molar-refractivity contribution is 5.97. The van der Waals surface area contributed by atoms with Gasteiger partial charge < -0.3 is 15.4 Å². The highest BCUT2D eigenvalue weighted by atomic mass is 16.5. The summed E-state index contributed by atoms with van der Waals surface area (Å²) in [5.41, 5.74) is 1.63. The van der Waals surface area contributed by atoms with Crippen molar-refractivity contribution in [2.75, 3.05) is 11.9 Å². The minimum absolute atomic E-state index is 0.213. The van der Waals surface area contributed by atoms with Gasteiger partial charge in [-0.15, -0.1) is 0 Å². The van der Waals surface area contributed by atoms with Crippen LogP contribution in [0.2, 0.25) is 0 Å². The van der Waals surface area contributed by atoms with Crippen LogP contribution < -0.4 is 16.0 Å². The number of amides is 4. The van der Waals surface area contributed by atoms with Crippen LogP contribution in [-0.4, -0.2) is 30.4 Å². The van der Waals surface area contributed by atoms with Gasteiger partial charge in [0.2, 0.25) is 5.91 Å². The van der Waals surface area contributed by atoms with E-state index in [1.54, 1.807) is 0 Å². The molecule has 0 aliphatic rings. The summed E-state index contributed by atoms with van der Waals surface area (Å²) < 4.78 is 4.86. The molecule has 0 heterocycles. The van der Waals surface area contributed by atoms with Gasteiger partial charge in [-0.25, -0.2) is 9.59 Å². The molecule has 8 nitrogen and oxygen atoms in total. The third-order valence-corrected chi connectivity index (χ3v) is 3.32. The number of imide groups is 1. The van der Waals surface area contributed by atoms with Gasteiger partial charge in [-0.1, -0.05) is 30.3 Å². The van der Waals surface area contributed by atoms with E-state index in [-0.39, 0.29) is 18.0 Å². The molecule has 27 heavy (non-hydrogen) atoms. The molecule has 4 amide bonds. The molecule has 0 aliphatic carbocycles. The van der Waals surface area contributed by atoms with Crippen molar-refractivity contribution in [2.24, 2.45) is 0 Å². The van der Waals surface area contributed by atoms with E-state index in [4.69, 9.17) is 4.74 Å². The average molecular weight is 369 g/mol. The Morgan fingerprint density at radius 1 is 0.926 bits per heavy atom. The maximum absolute atomic E-state index is 11.9. The third-order valence-electron chi connectivity index (χ3n) is 3.32. The van der Waals surface area contributed by atoms with Crippen molar-refractivity contribution in [3.05, 3.63) is 65.7 Å². The Labute approximate surface area is 155 Å². The fraction of sp³-hybridized carbons (Fsp3) is 0.158. The number of ether oxygens (including phenoxy) is 1. The van der Waals surface area contributed by atoms with Crippen LogP contribution in [0.5, 0.6) is 0 Å². The van der Waals surface area contributed by atoms with Crippen molar-refractivity contribution in [1.29, 1.82) is 0 Å².